The molecule has 3 aromatic rings. The molecule has 2 unspecified atom stereocenters. The van der Waals surface area contributed by atoms with Gasteiger partial charge in [0.05, 0.1) is 11.9 Å². The second-order valence-electron chi connectivity index (χ2n) is 9.14. The van der Waals surface area contributed by atoms with Crippen molar-refractivity contribution in [3.8, 4) is 23.0 Å². The normalized spacial score (nSPS) is 22.0. The van der Waals surface area contributed by atoms with Gasteiger partial charge in [0.1, 0.15) is 5.82 Å². The Hall–Kier alpha value is -3.09. The van der Waals surface area contributed by atoms with E-state index >= 15 is 0 Å². The first-order valence-electron chi connectivity index (χ1n) is 11.8. The molecule has 1 aliphatic heterocycles. The number of hydrogen-bond donors (Lipinski definition) is 3. The lowest BCUT2D eigenvalue weighted by Gasteiger charge is -2.22. The fourth-order valence-electron chi connectivity index (χ4n) is 5.02. The van der Waals surface area contributed by atoms with Crippen LogP contribution in [0.3, 0.4) is 0 Å². The van der Waals surface area contributed by atoms with Crippen LogP contribution in [0.1, 0.15) is 32.5 Å². The maximum Gasteiger partial charge on any atom is 0.270 e. The Balaban J connectivity index is 0.00000304. The van der Waals surface area contributed by atoms with Crippen molar-refractivity contribution in [2.24, 2.45) is 11.8 Å². The standard InChI is InChI=1S/C23H30N8O3S.5H2/c1-3-35(32,33)30-18-9-8-16-12-31(13-17(16)18)19-11-26-21(24)20(27-19)23-29-28-22(34-23)15-6-4-14(5-7-15)10-25-2;;;;;/h4-7,11,16-18,25,30H,3,8-10,12-13H2,1-2H3,(H2,24,26);5*1H/t16?,17-,18?;;;;;/m0...../s1. The highest BCUT2D eigenvalue weighted by Crippen LogP contribution is 2.40. The van der Waals surface area contributed by atoms with Crippen LogP contribution in [0.5, 0.6) is 0 Å². The number of nitrogens with zero attached hydrogens (tertiary/aromatic N) is 5. The third kappa shape index (κ3) is 4.86. The van der Waals surface area contributed by atoms with Gasteiger partial charge >= 0.3 is 0 Å². The van der Waals surface area contributed by atoms with Gasteiger partial charge in [-0.05, 0) is 56.3 Å². The van der Waals surface area contributed by atoms with Gasteiger partial charge in [0.15, 0.2) is 11.5 Å². The summed E-state index contributed by atoms with van der Waals surface area (Å²) in [5, 5.41) is 11.4. The highest BCUT2D eigenvalue weighted by atomic mass is 32.2. The van der Waals surface area contributed by atoms with Crippen LogP contribution in [0.25, 0.3) is 23.0 Å². The number of sulfonamides is 1. The Morgan fingerprint density at radius 1 is 1.17 bits per heavy atom. The Morgan fingerprint density at radius 3 is 2.69 bits per heavy atom. The molecule has 1 saturated carbocycles. The summed E-state index contributed by atoms with van der Waals surface area (Å²) in [5.41, 5.74) is 8.41. The number of nitrogen functional groups attached to an aromatic ring is 1. The average molecular weight is 509 g/mol. The van der Waals surface area contributed by atoms with Crippen molar-refractivity contribution in [2.45, 2.75) is 32.4 Å². The van der Waals surface area contributed by atoms with Crippen molar-refractivity contribution in [1.29, 1.82) is 0 Å². The van der Waals surface area contributed by atoms with E-state index in [1.165, 1.54) is 0 Å². The van der Waals surface area contributed by atoms with E-state index < -0.39 is 10.0 Å². The summed E-state index contributed by atoms with van der Waals surface area (Å²) in [6.45, 7) is 3.93. The molecule has 5 rings (SSSR count). The second-order valence-corrected chi connectivity index (χ2v) is 11.2. The number of hydrogen-bond acceptors (Lipinski definition) is 10. The van der Waals surface area contributed by atoms with E-state index in [1.807, 2.05) is 31.3 Å². The third-order valence-electron chi connectivity index (χ3n) is 6.89. The first kappa shape index (κ1) is 23.6. The SMILES string of the molecule is CCS(=O)(=O)NC1CCC2CN(c3cnc(N)c(-c4nnc(-c5ccc(CNC)cc5)o4)n3)C[C@@H]21.[HH].[HH].[HH].[HH].[HH]. The first-order valence-corrected chi connectivity index (χ1v) is 13.5. The zero-order chi connectivity index (χ0) is 24.6. The van der Waals surface area contributed by atoms with E-state index in [0.717, 1.165) is 37.1 Å². The molecule has 3 atom stereocenters. The van der Waals surface area contributed by atoms with Crippen LogP contribution >= 0.6 is 0 Å². The molecular formula is C23H40N8O3S. The molecule has 0 bridgehead atoms. The maximum atomic E-state index is 12.1. The second kappa shape index (κ2) is 9.51. The summed E-state index contributed by atoms with van der Waals surface area (Å²) in [6.07, 6.45) is 3.48. The first-order chi connectivity index (χ1) is 16.9. The molecule has 11 nitrogen and oxygen atoms in total. The van der Waals surface area contributed by atoms with Crippen molar-refractivity contribution in [3.63, 3.8) is 0 Å². The van der Waals surface area contributed by atoms with Crippen LogP contribution in [0.2, 0.25) is 0 Å². The number of benzene rings is 1. The van der Waals surface area contributed by atoms with Crippen LogP contribution < -0.4 is 20.7 Å². The molecule has 1 aromatic carbocycles. The lowest BCUT2D eigenvalue weighted by molar-refractivity contribution is 0.428. The topological polar surface area (TPSA) is 152 Å². The molecule has 1 saturated heterocycles. The van der Waals surface area contributed by atoms with E-state index in [-0.39, 0.29) is 36.6 Å². The predicted molar refractivity (Wildman–Crippen MR) is 143 cm³/mol. The molecule has 2 fully saturated rings. The number of aromatic nitrogens is 4. The van der Waals surface area contributed by atoms with Gasteiger partial charge in [0.2, 0.25) is 15.9 Å². The molecule has 2 aliphatic rings. The van der Waals surface area contributed by atoms with Gasteiger partial charge < -0.3 is 20.4 Å². The van der Waals surface area contributed by atoms with Crippen LogP contribution in [-0.4, -0.2) is 60.5 Å². The summed E-state index contributed by atoms with van der Waals surface area (Å²) in [5.74, 6) is 2.19. The zero-order valence-electron chi connectivity index (χ0n) is 19.8. The number of anilines is 2. The zero-order valence-corrected chi connectivity index (χ0v) is 20.6. The predicted octanol–water partition coefficient (Wildman–Crippen LogP) is 2.88. The molecule has 1 aliphatic carbocycles. The summed E-state index contributed by atoms with van der Waals surface area (Å²) in [7, 11) is -1.34. The maximum absolute atomic E-state index is 12.1. The van der Waals surface area contributed by atoms with Gasteiger partial charge in [-0.3, -0.25) is 0 Å². The minimum atomic E-state index is -3.24. The third-order valence-corrected chi connectivity index (χ3v) is 8.31. The van der Waals surface area contributed by atoms with Gasteiger partial charge in [-0.1, -0.05) is 12.1 Å². The molecule has 0 amide bonds. The summed E-state index contributed by atoms with van der Waals surface area (Å²) < 4.78 is 33.0. The van der Waals surface area contributed by atoms with E-state index in [1.54, 1.807) is 13.1 Å². The minimum absolute atomic E-state index is 0. The van der Waals surface area contributed by atoms with Crippen molar-refractivity contribution >= 4 is 21.7 Å². The van der Waals surface area contributed by atoms with E-state index in [4.69, 9.17) is 15.1 Å². The molecular weight excluding hydrogens is 468 g/mol. The lowest BCUT2D eigenvalue weighted by Crippen LogP contribution is -2.40. The highest BCUT2D eigenvalue weighted by Gasteiger charge is 2.44. The molecule has 3 heterocycles. The molecule has 196 valence electrons. The smallest absolute Gasteiger partial charge is 0.270 e. The minimum Gasteiger partial charge on any atom is -0.414 e. The highest BCUT2D eigenvalue weighted by molar-refractivity contribution is 7.89. The van der Waals surface area contributed by atoms with Crippen LogP contribution in [0.4, 0.5) is 11.6 Å². The Kier molecular flexibility index (Phi) is 6.43. The van der Waals surface area contributed by atoms with Crippen LogP contribution in [-0.2, 0) is 16.6 Å². The molecule has 35 heavy (non-hydrogen) atoms. The monoisotopic (exact) mass is 508 g/mol. The molecule has 2 aromatic heterocycles. The van der Waals surface area contributed by atoms with Crippen molar-refractivity contribution in [3.05, 3.63) is 36.0 Å². The van der Waals surface area contributed by atoms with Crippen LogP contribution in [0.15, 0.2) is 34.9 Å². The lowest BCUT2D eigenvalue weighted by atomic mass is 9.98. The largest absolute Gasteiger partial charge is 0.414 e. The fraction of sp³-hybridized carbons (Fsp3) is 0.478. The number of nitrogens with two attached hydrogens (primary N) is 1. The van der Waals surface area contributed by atoms with Gasteiger partial charge in [0.25, 0.3) is 5.89 Å². The number of nitrogens with one attached hydrogen (secondary N) is 2. The number of rotatable bonds is 8. The Labute approximate surface area is 212 Å². The van der Waals surface area contributed by atoms with E-state index in [9.17, 15) is 8.42 Å². The number of fused-ring (bicyclic) bond motifs is 1. The Bertz CT molecular complexity index is 1320. The quantitative estimate of drug-likeness (QED) is 0.414. The molecule has 0 radical (unpaired) electrons. The molecule has 12 heteroatoms. The van der Waals surface area contributed by atoms with Crippen molar-refractivity contribution in [2.75, 3.05) is 36.5 Å². The summed E-state index contributed by atoms with van der Waals surface area (Å²) in [6, 6.07) is 7.82. The van der Waals surface area contributed by atoms with E-state index in [2.05, 4.69) is 30.1 Å². The summed E-state index contributed by atoms with van der Waals surface area (Å²) in [4.78, 5) is 11.2. The van der Waals surface area contributed by atoms with Crippen molar-refractivity contribution in [1.82, 2.24) is 30.2 Å². The van der Waals surface area contributed by atoms with Gasteiger partial charge in [-0.2, -0.15) is 0 Å². The summed E-state index contributed by atoms with van der Waals surface area (Å²) >= 11 is 0. The van der Waals surface area contributed by atoms with Gasteiger partial charge in [0, 0.05) is 38.4 Å². The average Bonchev–Trinajstić information content (AvgIpc) is 3.58. The van der Waals surface area contributed by atoms with Crippen molar-refractivity contribution < 1.29 is 20.0 Å². The Morgan fingerprint density at radius 2 is 1.94 bits per heavy atom. The van der Waals surface area contributed by atoms with E-state index in [0.29, 0.717) is 29.9 Å². The molecule has 0 spiro atoms. The fourth-order valence-corrected chi connectivity index (χ4v) is 5.94. The molecule has 4 N–H and O–H groups in total. The van der Waals surface area contributed by atoms with Gasteiger partial charge in [-0.25, -0.2) is 23.1 Å². The van der Waals surface area contributed by atoms with Gasteiger partial charge in [-0.15, -0.1) is 10.2 Å². The van der Waals surface area contributed by atoms with Crippen LogP contribution in [0, 0.1) is 11.8 Å².